The van der Waals surface area contributed by atoms with Gasteiger partial charge in [-0.1, -0.05) is 15.9 Å². The molecule has 2 rings (SSSR count). The minimum absolute atomic E-state index is 0.268. The third-order valence-electron chi connectivity index (χ3n) is 3.78. The largest absolute Gasteiger partial charge is 0.384 e. The standard InChI is InChI=1S/C14H19BrClNO3S/c1-10-13(15)5-12(7-16)6-14(10)21(18,19)17-4-3-11(8-17)9-20-2/h5-6,11H,3-4,7-9H2,1-2H3. The molecule has 7 heteroatoms. The molecule has 0 radical (unpaired) electrons. The van der Waals surface area contributed by atoms with Crippen molar-refractivity contribution in [1.29, 1.82) is 0 Å². The van der Waals surface area contributed by atoms with Crippen molar-refractivity contribution >= 4 is 37.6 Å². The zero-order chi connectivity index (χ0) is 15.6. The highest BCUT2D eigenvalue weighted by Crippen LogP contribution is 2.31. The molecule has 118 valence electrons. The van der Waals surface area contributed by atoms with Crippen molar-refractivity contribution in [2.75, 3.05) is 26.8 Å². The maximum Gasteiger partial charge on any atom is 0.243 e. The van der Waals surface area contributed by atoms with Gasteiger partial charge in [-0.3, -0.25) is 0 Å². The van der Waals surface area contributed by atoms with E-state index in [1.807, 2.05) is 6.07 Å². The molecule has 0 aliphatic carbocycles. The fourth-order valence-corrected chi connectivity index (χ4v) is 5.20. The molecule has 1 aromatic rings. The second kappa shape index (κ2) is 6.96. The topological polar surface area (TPSA) is 46.6 Å². The van der Waals surface area contributed by atoms with Crippen LogP contribution in [0.4, 0.5) is 0 Å². The first-order valence-corrected chi connectivity index (χ1v) is 9.51. The highest BCUT2D eigenvalue weighted by molar-refractivity contribution is 9.10. The van der Waals surface area contributed by atoms with Crippen LogP contribution in [0.15, 0.2) is 21.5 Å². The Labute approximate surface area is 139 Å². The number of rotatable bonds is 5. The summed E-state index contributed by atoms with van der Waals surface area (Å²) < 4.78 is 33.1. The Balaban J connectivity index is 2.34. The maximum atomic E-state index is 12.8. The van der Waals surface area contributed by atoms with Crippen LogP contribution in [0.3, 0.4) is 0 Å². The van der Waals surface area contributed by atoms with Gasteiger partial charge in [0.2, 0.25) is 10.0 Å². The summed E-state index contributed by atoms with van der Waals surface area (Å²) in [5.74, 6) is 0.554. The molecule has 1 aliphatic heterocycles. The van der Waals surface area contributed by atoms with Crippen molar-refractivity contribution in [2.24, 2.45) is 5.92 Å². The molecule has 1 aromatic carbocycles. The van der Waals surface area contributed by atoms with Crippen LogP contribution in [0.2, 0.25) is 0 Å². The van der Waals surface area contributed by atoms with Gasteiger partial charge < -0.3 is 4.74 Å². The number of hydrogen-bond donors (Lipinski definition) is 0. The van der Waals surface area contributed by atoms with Gasteiger partial charge in [0.1, 0.15) is 0 Å². The van der Waals surface area contributed by atoms with Crippen LogP contribution in [0.25, 0.3) is 0 Å². The minimum Gasteiger partial charge on any atom is -0.384 e. The van der Waals surface area contributed by atoms with E-state index in [0.717, 1.165) is 22.0 Å². The Morgan fingerprint density at radius 1 is 1.48 bits per heavy atom. The lowest BCUT2D eigenvalue weighted by Crippen LogP contribution is -2.30. The number of alkyl halides is 1. The average Bonchev–Trinajstić information content (AvgIpc) is 2.91. The first-order valence-electron chi connectivity index (χ1n) is 6.74. The molecule has 0 spiro atoms. The lowest BCUT2D eigenvalue weighted by atomic mass is 10.1. The molecular formula is C14H19BrClNO3S. The molecule has 4 nitrogen and oxygen atoms in total. The normalized spacial score (nSPS) is 20.1. The number of methoxy groups -OCH3 is 1. The van der Waals surface area contributed by atoms with Gasteiger partial charge in [-0.25, -0.2) is 8.42 Å². The Kier molecular flexibility index (Phi) is 5.71. The van der Waals surface area contributed by atoms with Gasteiger partial charge in [0.15, 0.2) is 0 Å². The Bertz CT molecular complexity index is 621. The molecule has 0 amide bonds. The number of halogens is 2. The van der Waals surface area contributed by atoms with E-state index in [1.165, 1.54) is 0 Å². The smallest absolute Gasteiger partial charge is 0.243 e. The molecule has 0 saturated carbocycles. The molecule has 1 aliphatic rings. The van der Waals surface area contributed by atoms with Gasteiger partial charge in [-0.2, -0.15) is 4.31 Å². The number of hydrogen-bond acceptors (Lipinski definition) is 3. The van der Waals surface area contributed by atoms with E-state index in [2.05, 4.69) is 15.9 Å². The first-order chi connectivity index (χ1) is 9.90. The van der Waals surface area contributed by atoms with Gasteiger partial charge in [0.25, 0.3) is 0 Å². The van der Waals surface area contributed by atoms with Crippen LogP contribution in [0.1, 0.15) is 17.5 Å². The first kappa shape index (κ1) is 17.2. The fraction of sp³-hybridized carbons (Fsp3) is 0.571. The Morgan fingerprint density at radius 3 is 2.81 bits per heavy atom. The van der Waals surface area contributed by atoms with Crippen molar-refractivity contribution in [1.82, 2.24) is 4.31 Å². The van der Waals surface area contributed by atoms with Crippen molar-refractivity contribution < 1.29 is 13.2 Å². The summed E-state index contributed by atoms with van der Waals surface area (Å²) in [6, 6.07) is 3.53. The maximum absolute atomic E-state index is 12.8. The molecule has 1 fully saturated rings. The van der Waals surface area contributed by atoms with Crippen LogP contribution >= 0.6 is 27.5 Å². The SMILES string of the molecule is COCC1CCN(S(=O)(=O)c2cc(CCl)cc(Br)c2C)C1. The van der Waals surface area contributed by atoms with Crippen molar-refractivity contribution in [3.8, 4) is 0 Å². The van der Waals surface area contributed by atoms with Gasteiger partial charge in [-0.15, -0.1) is 11.6 Å². The number of ether oxygens (including phenoxy) is 1. The Morgan fingerprint density at radius 2 is 2.19 bits per heavy atom. The fourth-order valence-electron chi connectivity index (χ4n) is 2.58. The molecular weight excluding hydrogens is 378 g/mol. The molecule has 0 aromatic heterocycles. The molecule has 0 N–H and O–H groups in total. The monoisotopic (exact) mass is 395 g/mol. The predicted molar refractivity (Wildman–Crippen MR) is 87.2 cm³/mol. The van der Waals surface area contributed by atoms with E-state index in [1.54, 1.807) is 24.4 Å². The lowest BCUT2D eigenvalue weighted by molar-refractivity contribution is 0.157. The van der Waals surface area contributed by atoms with Crippen molar-refractivity contribution in [2.45, 2.75) is 24.1 Å². The average molecular weight is 397 g/mol. The van der Waals surface area contributed by atoms with E-state index >= 15 is 0 Å². The summed E-state index contributed by atoms with van der Waals surface area (Å²) >= 11 is 9.27. The summed E-state index contributed by atoms with van der Waals surface area (Å²) in [6.07, 6.45) is 0.836. The van der Waals surface area contributed by atoms with E-state index in [9.17, 15) is 8.42 Å². The molecule has 1 unspecified atom stereocenters. The number of nitrogens with zero attached hydrogens (tertiary/aromatic N) is 1. The third-order valence-corrected chi connectivity index (χ3v) is 6.90. The van der Waals surface area contributed by atoms with Crippen LogP contribution in [0.5, 0.6) is 0 Å². The number of sulfonamides is 1. The predicted octanol–water partition coefficient (Wildman–Crippen LogP) is 3.15. The van der Waals surface area contributed by atoms with Crippen LogP contribution in [-0.2, 0) is 20.6 Å². The van der Waals surface area contributed by atoms with Gasteiger partial charge in [0.05, 0.1) is 11.5 Å². The zero-order valence-electron chi connectivity index (χ0n) is 12.1. The molecule has 0 bridgehead atoms. The van der Waals surface area contributed by atoms with E-state index in [4.69, 9.17) is 16.3 Å². The second-order valence-electron chi connectivity index (χ2n) is 5.31. The van der Waals surface area contributed by atoms with Gasteiger partial charge >= 0.3 is 0 Å². The van der Waals surface area contributed by atoms with E-state index < -0.39 is 10.0 Å². The molecule has 21 heavy (non-hydrogen) atoms. The summed E-state index contributed by atoms with van der Waals surface area (Å²) in [5.41, 5.74) is 1.51. The van der Waals surface area contributed by atoms with E-state index in [-0.39, 0.29) is 11.8 Å². The second-order valence-corrected chi connectivity index (χ2v) is 8.34. The summed E-state index contributed by atoms with van der Waals surface area (Å²) in [6.45, 7) is 3.45. The van der Waals surface area contributed by atoms with Crippen LogP contribution in [0, 0.1) is 12.8 Å². The molecule has 1 atom stereocenters. The van der Waals surface area contributed by atoms with Crippen molar-refractivity contribution in [3.63, 3.8) is 0 Å². The zero-order valence-corrected chi connectivity index (χ0v) is 15.3. The third kappa shape index (κ3) is 3.62. The molecule has 1 heterocycles. The van der Waals surface area contributed by atoms with Crippen molar-refractivity contribution in [3.05, 3.63) is 27.7 Å². The molecule has 1 saturated heterocycles. The quantitative estimate of drug-likeness (QED) is 0.718. The Hall–Kier alpha value is -0.140. The summed E-state index contributed by atoms with van der Waals surface area (Å²) in [4.78, 5) is 0.339. The number of benzene rings is 1. The van der Waals surface area contributed by atoms with Gasteiger partial charge in [0, 0.05) is 30.6 Å². The van der Waals surface area contributed by atoms with E-state index in [0.29, 0.717) is 24.6 Å². The minimum atomic E-state index is -3.49. The van der Waals surface area contributed by atoms with Crippen LogP contribution < -0.4 is 0 Å². The highest BCUT2D eigenvalue weighted by atomic mass is 79.9. The summed E-state index contributed by atoms with van der Waals surface area (Å²) in [7, 11) is -1.85. The summed E-state index contributed by atoms with van der Waals surface area (Å²) in [5, 5.41) is 0. The van der Waals surface area contributed by atoms with Crippen LogP contribution in [-0.4, -0.2) is 39.5 Å². The van der Waals surface area contributed by atoms with Gasteiger partial charge in [-0.05, 0) is 42.5 Å². The lowest BCUT2D eigenvalue weighted by Gasteiger charge is -2.19. The highest BCUT2D eigenvalue weighted by Gasteiger charge is 2.33.